The Morgan fingerprint density at radius 2 is 1.91 bits per heavy atom. The predicted octanol–water partition coefficient (Wildman–Crippen LogP) is 2.95. The summed E-state index contributed by atoms with van der Waals surface area (Å²) < 4.78 is 5.69. The molecule has 0 saturated heterocycles. The third-order valence-electron chi connectivity index (χ3n) is 3.16. The zero-order valence-electron chi connectivity index (χ0n) is 12.0. The molecule has 1 N–H and O–H groups in total. The molecule has 0 aliphatic carbocycles. The SMILES string of the molecule is O=C(COc1ccccc1-c1ccccc1)NC1=NCCS1. The first-order chi connectivity index (χ1) is 10.8. The summed E-state index contributed by atoms with van der Waals surface area (Å²) in [5.41, 5.74) is 2.04. The molecule has 5 heteroatoms. The van der Waals surface area contributed by atoms with Gasteiger partial charge in [-0.25, -0.2) is 0 Å². The van der Waals surface area contributed by atoms with Gasteiger partial charge in [-0.05, 0) is 11.6 Å². The van der Waals surface area contributed by atoms with Crippen LogP contribution in [0.25, 0.3) is 11.1 Å². The minimum atomic E-state index is -0.184. The van der Waals surface area contributed by atoms with Crippen molar-refractivity contribution in [3.8, 4) is 16.9 Å². The van der Waals surface area contributed by atoms with Crippen LogP contribution in [0, 0.1) is 0 Å². The van der Waals surface area contributed by atoms with Crippen molar-refractivity contribution >= 4 is 22.8 Å². The largest absolute Gasteiger partial charge is 0.483 e. The molecule has 0 fully saturated rings. The Labute approximate surface area is 133 Å². The van der Waals surface area contributed by atoms with Gasteiger partial charge in [-0.2, -0.15) is 0 Å². The average Bonchev–Trinajstić information content (AvgIpc) is 3.07. The van der Waals surface area contributed by atoms with E-state index in [4.69, 9.17) is 4.74 Å². The molecule has 1 amide bonds. The number of thioether (sulfide) groups is 1. The number of benzene rings is 2. The van der Waals surface area contributed by atoms with Crippen molar-refractivity contribution in [2.45, 2.75) is 0 Å². The number of rotatable bonds is 4. The lowest BCUT2D eigenvalue weighted by atomic mass is 10.1. The van der Waals surface area contributed by atoms with Gasteiger partial charge in [0.05, 0.1) is 6.54 Å². The second-order valence-corrected chi connectivity index (χ2v) is 5.82. The summed E-state index contributed by atoms with van der Waals surface area (Å²) in [6.07, 6.45) is 0. The number of carbonyl (C=O) groups excluding carboxylic acids is 1. The van der Waals surface area contributed by atoms with Gasteiger partial charge in [0.15, 0.2) is 11.8 Å². The lowest BCUT2D eigenvalue weighted by Crippen LogP contribution is -2.32. The van der Waals surface area contributed by atoms with E-state index in [-0.39, 0.29) is 12.5 Å². The number of carbonyl (C=O) groups is 1. The number of amidine groups is 1. The van der Waals surface area contributed by atoms with Crippen molar-refractivity contribution in [3.05, 3.63) is 54.6 Å². The van der Waals surface area contributed by atoms with Crippen LogP contribution in [0.2, 0.25) is 0 Å². The van der Waals surface area contributed by atoms with Crippen molar-refractivity contribution in [1.29, 1.82) is 0 Å². The van der Waals surface area contributed by atoms with Gasteiger partial charge in [-0.1, -0.05) is 60.3 Å². The zero-order valence-corrected chi connectivity index (χ0v) is 12.8. The Morgan fingerprint density at radius 3 is 2.68 bits per heavy atom. The molecular weight excluding hydrogens is 296 g/mol. The van der Waals surface area contributed by atoms with Gasteiger partial charge in [-0.3, -0.25) is 9.79 Å². The highest BCUT2D eigenvalue weighted by molar-refractivity contribution is 8.14. The topological polar surface area (TPSA) is 50.7 Å². The van der Waals surface area contributed by atoms with Crippen LogP contribution in [-0.2, 0) is 4.79 Å². The molecule has 0 spiro atoms. The summed E-state index contributed by atoms with van der Waals surface area (Å²) in [5, 5.41) is 3.44. The standard InChI is InChI=1S/C17H16N2O2S/c20-16(19-17-18-10-11-22-17)12-21-15-9-5-4-8-14(15)13-6-2-1-3-7-13/h1-9H,10-12H2,(H,18,19,20). The van der Waals surface area contributed by atoms with Crippen molar-refractivity contribution < 1.29 is 9.53 Å². The third-order valence-corrected chi connectivity index (χ3v) is 4.05. The van der Waals surface area contributed by atoms with Gasteiger partial charge in [0.2, 0.25) is 0 Å². The molecule has 0 radical (unpaired) electrons. The summed E-state index contributed by atoms with van der Waals surface area (Å²) >= 11 is 1.55. The Bertz CT molecular complexity index is 686. The number of nitrogens with zero attached hydrogens (tertiary/aromatic N) is 1. The highest BCUT2D eigenvalue weighted by Crippen LogP contribution is 2.29. The molecule has 3 rings (SSSR count). The van der Waals surface area contributed by atoms with E-state index < -0.39 is 0 Å². The van der Waals surface area contributed by atoms with E-state index in [0.29, 0.717) is 10.9 Å². The fraction of sp³-hybridized carbons (Fsp3) is 0.176. The minimum absolute atomic E-state index is 0.0244. The molecule has 1 aliphatic rings. The van der Waals surface area contributed by atoms with E-state index in [0.717, 1.165) is 23.4 Å². The highest BCUT2D eigenvalue weighted by atomic mass is 32.2. The average molecular weight is 312 g/mol. The van der Waals surface area contributed by atoms with E-state index in [2.05, 4.69) is 10.3 Å². The monoisotopic (exact) mass is 312 g/mol. The van der Waals surface area contributed by atoms with Crippen LogP contribution in [0.1, 0.15) is 0 Å². The molecule has 1 aliphatic heterocycles. The summed E-state index contributed by atoms with van der Waals surface area (Å²) in [7, 11) is 0. The third kappa shape index (κ3) is 3.68. The Balaban J connectivity index is 1.66. The summed E-state index contributed by atoms with van der Waals surface area (Å²) in [4.78, 5) is 16.1. The van der Waals surface area contributed by atoms with E-state index in [1.165, 1.54) is 0 Å². The summed E-state index contributed by atoms with van der Waals surface area (Å²) in [6, 6.07) is 17.7. The Kier molecular flexibility index (Phi) is 4.75. The molecule has 0 aromatic heterocycles. The number of hydrogen-bond donors (Lipinski definition) is 1. The van der Waals surface area contributed by atoms with Gasteiger partial charge < -0.3 is 10.1 Å². The normalized spacial score (nSPS) is 13.5. The van der Waals surface area contributed by atoms with Gasteiger partial charge in [0.1, 0.15) is 5.75 Å². The minimum Gasteiger partial charge on any atom is -0.483 e. The maximum atomic E-state index is 11.9. The molecule has 2 aromatic rings. The number of nitrogens with one attached hydrogen (secondary N) is 1. The Morgan fingerprint density at radius 1 is 1.14 bits per heavy atom. The second kappa shape index (κ2) is 7.13. The van der Waals surface area contributed by atoms with Gasteiger partial charge >= 0.3 is 0 Å². The molecular formula is C17H16N2O2S. The maximum Gasteiger partial charge on any atom is 0.263 e. The van der Waals surface area contributed by atoms with Crippen LogP contribution in [0.3, 0.4) is 0 Å². The van der Waals surface area contributed by atoms with Crippen molar-refractivity contribution in [3.63, 3.8) is 0 Å². The lowest BCUT2D eigenvalue weighted by Gasteiger charge is -2.11. The zero-order chi connectivity index (χ0) is 15.2. The molecule has 0 bridgehead atoms. The first kappa shape index (κ1) is 14.7. The number of ether oxygens (including phenoxy) is 1. The Hall–Kier alpha value is -2.27. The molecule has 112 valence electrons. The van der Waals surface area contributed by atoms with E-state index in [9.17, 15) is 4.79 Å². The van der Waals surface area contributed by atoms with Crippen molar-refractivity contribution in [2.24, 2.45) is 4.99 Å². The summed E-state index contributed by atoms with van der Waals surface area (Å²) in [5.74, 6) is 1.44. The molecule has 2 aromatic carbocycles. The fourth-order valence-corrected chi connectivity index (χ4v) is 2.90. The van der Waals surface area contributed by atoms with E-state index in [1.807, 2.05) is 54.6 Å². The molecule has 22 heavy (non-hydrogen) atoms. The van der Waals surface area contributed by atoms with Gasteiger partial charge in [-0.15, -0.1) is 0 Å². The molecule has 4 nitrogen and oxygen atoms in total. The van der Waals surface area contributed by atoms with Crippen molar-refractivity contribution in [2.75, 3.05) is 18.9 Å². The smallest absolute Gasteiger partial charge is 0.263 e. The van der Waals surface area contributed by atoms with Crippen LogP contribution in [-0.4, -0.2) is 30.0 Å². The second-order valence-electron chi connectivity index (χ2n) is 4.73. The van der Waals surface area contributed by atoms with Crippen LogP contribution in [0.5, 0.6) is 5.75 Å². The van der Waals surface area contributed by atoms with E-state index in [1.54, 1.807) is 11.8 Å². The van der Waals surface area contributed by atoms with E-state index >= 15 is 0 Å². The van der Waals surface area contributed by atoms with Gasteiger partial charge in [0, 0.05) is 11.3 Å². The number of para-hydroxylation sites is 1. The molecule has 0 atom stereocenters. The predicted molar refractivity (Wildman–Crippen MR) is 90.3 cm³/mol. The van der Waals surface area contributed by atoms with Crippen LogP contribution in [0.15, 0.2) is 59.6 Å². The molecule has 1 heterocycles. The quantitative estimate of drug-likeness (QED) is 0.944. The van der Waals surface area contributed by atoms with Crippen molar-refractivity contribution in [1.82, 2.24) is 5.32 Å². The fourth-order valence-electron chi connectivity index (χ4n) is 2.16. The van der Waals surface area contributed by atoms with Crippen LogP contribution >= 0.6 is 11.8 Å². The lowest BCUT2D eigenvalue weighted by molar-refractivity contribution is -0.121. The molecule has 0 saturated carbocycles. The summed E-state index contributed by atoms with van der Waals surface area (Å²) in [6.45, 7) is 0.738. The number of amides is 1. The van der Waals surface area contributed by atoms with Gasteiger partial charge in [0.25, 0.3) is 5.91 Å². The highest BCUT2D eigenvalue weighted by Gasteiger charge is 2.12. The molecule has 0 unspecified atom stereocenters. The first-order valence-electron chi connectivity index (χ1n) is 7.07. The first-order valence-corrected chi connectivity index (χ1v) is 8.06. The van der Waals surface area contributed by atoms with Crippen LogP contribution in [0.4, 0.5) is 0 Å². The maximum absolute atomic E-state index is 11.9. The van der Waals surface area contributed by atoms with Crippen LogP contribution < -0.4 is 10.1 Å². The number of hydrogen-bond acceptors (Lipinski definition) is 4. The number of aliphatic imine (C=N–C) groups is 1.